The van der Waals surface area contributed by atoms with Gasteiger partial charge in [-0.3, -0.25) is 5.41 Å². The Balaban J connectivity index is 2.68. The molecule has 1 aromatic carbocycles. The van der Waals surface area contributed by atoms with Crippen molar-refractivity contribution in [2.75, 3.05) is 0 Å². The Morgan fingerprint density at radius 2 is 2.42 bits per heavy atom. The Labute approximate surface area is 68.9 Å². The first-order valence-electron chi connectivity index (χ1n) is 3.47. The molecule has 1 heterocycles. The lowest BCUT2D eigenvalue weighted by Gasteiger charge is -1.95. The normalized spacial score (nSPS) is 10.3. The molecule has 0 aliphatic heterocycles. The van der Waals surface area contributed by atoms with E-state index in [9.17, 15) is 0 Å². The summed E-state index contributed by atoms with van der Waals surface area (Å²) in [5, 5.41) is 7.19. The fourth-order valence-electron chi connectivity index (χ4n) is 1.05. The van der Waals surface area contributed by atoms with Crippen LogP contribution in [0, 0.1) is 11.7 Å². The second kappa shape index (κ2) is 2.34. The zero-order chi connectivity index (χ0) is 8.55. The van der Waals surface area contributed by atoms with Crippen molar-refractivity contribution in [2.45, 2.75) is 0 Å². The van der Waals surface area contributed by atoms with E-state index in [0.29, 0.717) is 5.56 Å². The largest absolute Gasteiger partial charge is 0.384 e. The van der Waals surface area contributed by atoms with Crippen molar-refractivity contribution >= 4 is 16.9 Å². The van der Waals surface area contributed by atoms with Crippen LogP contribution in [0.15, 0.2) is 18.2 Å². The third-order valence-corrected chi connectivity index (χ3v) is 1.68. The molecule has 0 unspecified atom stereocenters. The quantitative estimate of drug-likeness (QED) is 0.422. The van der Waals surface area contributed by atoms with Gasteiger partial charge in [-0.05, 0) is 18.2 Å². The lowest BCUT2D eigenvalue weighted by atomic mass is 10.2. The number of fused-ring (bicyclic) bond motifs is 1. The number of aromatic amines is 1. The van der Waals surface area contributed by atoms with Crippen LogP contribution in [-0.2, 0) is 0 Å². The van der Waals surface area contributed by atoms with Crippen LogP contribution in [0.2, 0.25) is 0 Å². The first-order valence-corrected chi connectivity index (χ1v) is 3.47. The van der Waals surface area contributed by atoms with Gasteiger partial charge >= 0.3 is 0 Å². The molecule has 4 heteroatoms. The second-order valence-corrected chi connectivity index (χ2v) is 2.49. The summed E-state index contributed by atoms with van der Waals surface area (Å²) in [5.74, 6) is 0.0555. The van der Waals surface area contributed by atoms with Crippen LogP contribution in [0.5, 0.6) is 0 Å². The van der Waals surface area contributed by atoms with Gasteiger partial charge < -0.3 is 10.7 Å². The monoisotopic (exact) mass is 159 g/mol. The SMILES string of the molecule is N=C(N)c1ccc2[nH][c]nc2c1. The van der Waals surface area contributed by atoms with E-state index in [1.165, 1.54) is 0 Å². The fourth-order valence-corrected chi connectivity index (χ4v) is 1.05. The minimum atomic E-state index is 0.0555. The molecule has 0 aliphatic rings. The molecule has 0 aliphatic carbocycles. The number of nitrogens with zero attached hydrogens (tertiary/aromatic N) is 1. The zero-order valence-corrected chi connectivity index (χ0v) is 6.26. The number of amidine groups is 1. The van der Waals surface area contributed by atoms with Crippen molar-refractivity contribution < 1.29 is 0 Å². The number of hydrogen-bond acceptors (Lipinski definition) is 2. The van der Waals surface area contributed by atoms with Gasteiger partial charge in [0.15, 0.2) is 6.33 Å². The van der Waals surface area contributed by atoms with Gasteiger partial charge in [0.25, 0.3) is 0 Å². The van der Waals surface area contributed by atoms with Crippen LogP contribution in [0.3, 0.4) is 0 Å². The lowest BCUT2D eigenvalue weighted by molar-refractivity contribution is 1.32. The van der Waals surface area contributed by atoms with Gasteiger partial charge in [-0.1, -0.05) is 0 Å². The average Bonchev–Trinajstić information content (AvgIpc) is 2.49. The second-order valence-electron chi connectivity index (χ2n) is 2.49. The van der Waals surface area contributed by atoms with E-state index in [1.54, 1.807) is 12.1 Å². The molecule has 0 spiro atoms. The number of hydrogen-bond donors (Lipinski definition) is 3. The van der Waals surface area contributed by atoms with E-state index in [0.717, 1.165) is 11.0 Å². The fraction of sp³-hybridized carbons (Fsp3) is 0. The first kappa shape index (κ1) is 6.84. The van der Waals surface area contributed by atoms with E-state index in [2.05, 4.69) is 16.3 Å². The Hall–Kier alpha value is -1.84. The van der Waals surface area contributed by atoms with Crippen molar-refractivity contribution in [1.29, 1.82) is 5.41 Å². The molecule has 1 aromatic heterocycles. The van der Waals surface area contributed by atoms with E-state index in [4.69, 9.17) is 11.1 Å². The van der Waals surface area contributed by atoms with Crippen LogP contribution < -0.4 is 5.73 Å². The summed E-state index contributed by atoms with van der Waals surface area (Å²) in [6.07, 6.45) is 2.62. The van der Waals surface area contributed by atoms with Crippen LogP contribution >= 0.6 is 0 Å². The molecule has 59 valence electrons. The minimum absolute atomic E-state index is 0.0555. The Kier molecular flexibility index (Phi) is 1.33. The number of H-pyrrole nitrogens is 1. The van der Waals surface area contributed by atoms with E-state index >= 15 is 0 Å². The van der Waals surface area contributed by atoms with Crippen molar-refractivity contribution in [1.82, 2.24) is 9.97 Å². The summed E-state index contributed by atoms with van der Waals surface area (Å²) < 4.78 is 0. The number of nitrogens with one attached hydrogen (secondary N) is 2. The van der Waals surface area contributed by atoms with Crippen molar-refractivity contribution in [3.05, 3.63) is 30.1 Å². The third-order valence-electron chi connectivity index (χ3n) is 1.68. The van der Waals surface area contributed by atoms with Gasteiger partial charge in [0.2, 0.25) is 0 Å². The van der Waals surface area contributed by atoms with Crippen LogP contribution in [0.4, 0.5) is 0 Å². The molecule has 4 nitrogen and oxygen atoms in total. The molecular weight excluding hydrogens is 152 g/mol. The van der Waals surface area contributed by atoms with E-state index in [-0.39, 0.29) is 5.84 Å². The van der Waals surface area contributed by atoms with Crippen molar-refractivity contribution in [3.8, 4) is 0 Å². The third kappa shape index (κ3) is 0.934. The predicted molar refractivity (Wildman–Crippen MR) is 45.9 cm³/mol. The van der Waals surface area contributed by atoms with E-state index in [1.807, 2.05) is 6.07 Å². The summed E-state index contributed by atoms with van der Waals surface area (Å²) in [5.41, 5.74) is 7.68. The molecule has 0 amide bonds. The lowest BCUT2D eigenvalue weighted by Crippen LogP contribution is -2.10. The van der Waals surface area contributed by atoms with Gasteiger partial charge in [0, 0.05) is 5.56 Å². The molecule has 0 saturated heterocycles. The minimum Gasteiger partial charge on any atom is -0.384 e. The molecule has 2 aromatic rings. The van der Waals surface area contributed by atoms with Gasteiger partial charge in [-0.25, -0.2) is 4.98 Å². The van der Waals surface area contributed by atoms with E-state index < -0.39 is 0 Å². The summed E-state index contributed by atoms with van der Waals surface area (Å²) in [6, 6.07) is 5.36. The molecule has 12 heavy (non-hydrogen) atoms. The molecule has 0 saturated carbocycles. The molecule has 2 rings (SSSR count). The molecular formula is C8H7N4. The maximum Gasteiger partial charge on any atom is 0.174 e. The first-order chi connectivity index (χ1) is 5.77. The highest BCUT2D eigenvalue weighted by Crippen LogP contribution is 2.10. The number of nitrogens with two attached hydrogens (primary N) is 1. The van der Waals surface area contributed by atoms with Crippen LogP contribution in [-0.4, -0.2) is 15.8 Å². The summed E-state index contributed by atoms with van der Waals surface area (Å²) in [4.78, 5) is 6.77. The molecule has 4 N–H and O–H groups in total. The number of benzene rings is 1. The predicted octanol–water partition coefficient (Wildman–Crippen LogP) is 0.647. The smallest absolute Gasteiger partial charge is 0.174 e. The summed E-state index contributed by atoms with van der Waals surface area (Å²) in [7, 11) is 0. The number of nitrogen functional groups attached to an aromatic ring is 1. The summed E-state index contributed by atoms with van der Waals surface area (Å²) in [6.45, 7) is 0. The standard InChI is InChI=1S/C8H7N4/c9-8(10)5-1-2-6-7(3-5)12-4-11-6/h1-3H,(H3,9,10)(H,11,12). The Morgan fingerprint density at radius 1 is 1.58 bits per heavy atom. The average molecular weight is 159 g/mol. The van der Waals surface area contributed by atoms with Crippen molar-refractivity contribution in [2.24, 2.45) is 5.73 Å². The Bertz CT molecular complexity index is 429. The van der Waals surface area contributed by atoms with Gasteiger partial charge in [-0.2, -0.15) is 0 Å². The van der Waals surface area contributed by atoms with Crippen LogP contribution in [0.1, 0.15) is 5.56 Å². The number of rotatable bonds is 1. The number of aromatic nitrogens is 2. The highest BCUT2D eigenvalue weighted by atomic mass is 14.9. The summed E-state index contributed by atoms with van der Waals surface area (Å²) >= 11 is 0. The van der Waals surface area contributed by atoms with Gasteiger partial charge in [0.1, 0.15) is 5.84 Å². The highest BCUT2D eigenvalue weighted by molar-refractivity contribution is 5.97. The molecule has 0 atom stereocenters. The number of imidazole rings is 1. The van der Waals surface area contributed by atoms with Crippen molar-refractivity contribution in [3.63, 3.8) is 0 Å². The maximum atomic E-state index is 7.19. The molecule has 0 fully saturated rings. The highest BCUT2D eigenvalue weighted by Gasteiger charge is 1.99. The zero-order valence-electron chi connectivity index (χ0n) is 6.26. The van der Waals surface area contributed by atoms with Crippen LogP contribution in [0.25, 0.3) is 11.0 Å². The van der Waals surface area contributed by atoms with Gasteiger partial charge in [0.05, 0.1) is 11.0 Å². The topological polar surface area (TPSA) is 78.5 Å². The molecule has 1 radical (unpaired) electrons. The molecule has 0 bridgehead atoms. The Morgan fingerprint density at radius 3 is 3.17 bits per heavy atom. The van der Waals surface area contributed by atoms with Gasteiger partial charge in [-0.15, -0.1) is 0 Å². The maximum absolute atomic E-state index is 7.19.